The molecule has 3 saturated carbocycles. The Hall–Kier alpha value is -1.23. The summed E-state index contributed by atoms with van der Waals surface area (Å²) in [7, 11) is 0. The molecule has 3 fully saturated rings. The third kappa shape index (κ3) is 2.27. The molecule has 3 unspecified atom stereocenters. The number of alkyl halides is 3. The molecule has 24 heavy (non-hydrogen) atoms. The number of hydrogen-bond acceptors (Lipinski definition) is 2. The van der Waals surface area contributed by atoms with Gasteiger partial charge in [-0.2, -0.15) is 13.2 Å². The lowest BCUT2D eigenvalue weighted by atomic mass is 9.91. The minimum atomic E-state index is -4.08. The van der Waals surface area contributed by atoms with Crippen LogP contribution in [0.3, 0.4) is 0 Å². The van der Waals surface area contributed by atoms with Gasteiger partial charge in [0.15, 0.2) is 0 Å². The van der Waals surface area contributed by atoms with E-state index in [0.29, 0.717) is 29.5 Å². The highest BCUT2D eigenvalue weighted by molar-refractivity contribution is 5.88. The quantitative estimate of drug-likeness (QED) is 0.766. The van der Waals surface area contributed by atoms with E-state index in [-0.39, 0.29) is 11.5 Å². The third-order valence-corrected chi connectivity index (χ3v) is 6.37. The maximum atomic E-state index is 12.7. The molecule has 0 aromatic carbocycles. The van der Waals surface area contributed by atoms with Gasteiger partial charge in [0, 0.05) is 29.6 Å². The number of halogens is 3. The van der Waals surface area contributed by atoms with Gasteiger partial charge in [-0.15, -0.1) is 0 Å². The van der Waals surface area contributed by atoms with Gasteiger partial charge in [0.25, 0.3) is 0 Å². The molecule has 132 valence electrons. The molecule has 0 aromatic rings. The summed E-state index contributed by atoms with van der Waals surface area (Å²) in [5.41, 5.74) is 10.6. The van der Waals surface area contributed by atoms with Crippen LogP contribution in [0.1, 0.15) is 39.5 Å². The van der Waals surface area contributed by atoms with Crippen molar-refractivity contribution in [2.24, 2.45) is 29.4 Å². The van der Waals surface area contributed by atoms with Gasteiger partial charge in [0.1, 0.15) is 5.92 Å². The van der Waals surface area contributed by atoms with Crippen molar-refractivity contribution in [3.8, 4) is 0 Å². The smallest absolute Gasteiger partial charge is 0.388 e. The molecule has 2 nitrogen and oxygen atoms in total. The fourth-order valence-electron chi connectivity index (χ4n) is 5.27. The number of allylic oxidation sites excluding steroid dienone is 3. The van der Waals surface area contributed by atoms with E-state index in [2.05, 4.69) is 25.7 Å². The Morgan fingerprint density at radius 1 is 1.25 bits per heavy atom. The molecule has 0 aliphatic heterocycles. The van der Waals surface area contributed by atoms with E-state index in [9.17, 15) is 13.2 Å². The first-order chi connectivity index (χ1) is 11.2. The topological polar surface area (TPSA) is 38.0 Å². The number of nitrogens with one attached hydrogen (secondary N) is 1. The van der Waals surface area contributed by atoms with E-state index < -0.39 is 12.1 Å². The molecular weight excluding hydrogens is 313 g/mol. The first-order valence-corrected chi connectivity index (χ1v) is 8.95. The van der Waals surface area contributed by atoms with Gasteiger partial charge in [-0.3, -0.25) is 0 Å². The van der Waals surface area contributed by atoms with Crippen molar-refractivity contribution in [1.82, 2.24) is 5.32 Å². The first-order valence-electron chi connectivity index (χ1n) is 8.95. The van der Waals surface area contributed by atoms with E-state index in [0.717, 1.165) is 42.5 Å². The second-order valence-electron chi connectivity index (χ2n) is 8.19. The summed E-state index contributed by atoms with van der Waals surface area (Å²) < 4.78 is 38.1. The Labute approximate surface area is 141 Å². The Kier molecular flexibility index (Phi) is 3.32. The molecular formula is C19H25F3N2. The summed E-state index contributed by atoms with van der Waals surface area (Å²) in [5, 5.41) is 3.39. The number of nitrogens with two attached hydrogens (primary N) is 1. The van der Waals surface area contributed by atoms with Gasteiger partial charge < -0.3 is 11.1 Å². The average Bonchev–Trinajstić information content (AvgIpc) is 3.22. The molecule has 4 aliphatic rings. The predicted molar refractivity (Wildman–Crippen MR) is 87.9 cm³/mol. The minimum absolute atomic E-state index is 0.0845. The van der Waals surface area contributed by atoms with Crippen molar-refractivity contribution in [1.29, 1.82) is 0 Å². The summed E-state index contributed by atoms with van der Waals surface area (Å²) in [5.74, 6) is -0.140. The molecule has 0 spiro atoms. The molecule has 0 aromatic heterocycles. The zero-order chi connectivity index (χ0) is 17.4. The lowest BCUT2D eigenvalue weighted by molar-refractivity contribution is -0.139. The molecule has 0 radical (unpaired) electrons. The molecule has 5 heteroatoms. The van der Waals surface area contributed by atoms with E-state index in [4.69, 9.17) is 5.73 Å². The van der Waals surface area contributed by atoms with Crippen molar-refractivity contribution in [3.05, 3.63) is 34.6 Å². The number of hydrogen-bond donors (Lipinski definition) is 2. The number of rotatable bonds is 6. The van der Waals surface area contributed by atoms with Gasteiger partial charge in [-0.05, 0) is 47.5 Å². The summed E-state index contributed by atoms with van der Waals surface area (Å²) in [6.45, 7) is 9.26. The third-order valence-electron chi connectivity index (χ3n) is 6.37. The minimum Gasteiger partial charge on any atom is -0.388 e. The Bertz CT molecular complexity index is 647. The maximum absolute atomic E-state index is 12.7. The Balaban J connectivity index is 1.29. The SMILES string of the molecule is C=C(NCC1C2=C3C(=C21)C3C(F)(F)F)C1CC(N)(CCC)CC1C. The second-order valence-corrected chi connectivity index (χ2v) is 8.19. The largest absolute Gasteiger partial charge is 0.399 e. The van der Waals surface area contributed by atoms with Gasteiger partial charge in [-0.1, -0.05) is 26.8 Å². The average molecular weight is 338 g/mol. The summed E-state index contributed by atoms with van der Waals surface area (Å²) in [6.07, 6.45) is 0.0218. The summed E-state index contributed by atoms with van der Waals surface area (Å²) in [4.78, 5) is 0. The van der Waals surface area contributed by atoms with Crippen LogP contribution in [0.2, 0.25) is 0 Å². The van der Waals surface area contributed by atoms with E-state index in [1.54, 1.807) is 0 Å². The van der Waals surface area contributed by atoms with Crippen molar-refractivity contribution in [3.63, 3.8) is 0 Å². The normalized spacial score (nSPS) is 34.9. The van der Waals surface area contributed by atoms with Crippen molar-refractivity contribution in [2.45, 2.75) is 51.2 Å². The van der Waals surface area contributed by atoms with Crippen LogP contribution in [0.15, 0.2) is 34.6 Å². The molecule has 4 aliphatic carbocycles. The van der Waals surface area contributed by atoms with Crippen LogP contribution in [0, 0.1) is 23.7 Å². The van der Waals surface area contributed by atoms with E-state index in [1.165, 1.54) is 0 Å². The van der Waals surface area contributed by atoms with Gasteiger partial charge >= 0.3 is 6.18 Å². The van der Waals surface area contributed by atoms with Crippen LogP contribution in [-0.2, 0) is 0 Å². The standard InChI is InChI=1S/C19H25F3N2/c1-4-5-18(23)6-9(2)11(7-18)10(3)24-8-12-13-14(12)16-15(13)17(16)19(20,21)22/h9,11-12,17,24H,3-8,23H2,1-2H3. The molecule has 3 atom stereocenters. The van der Waals surface area contributed by atoms with Crippen LogP contribution in [-0.4, -0.2) is 18.3 Å². The monoisotopic (exact) mass is 338 g/mol. The van der Waals surface area contributed by atoms with Crippen molar-refractivity contribution in [2.75, 3.05) is 6.54 Å². The van der Waals surface area contributed by atoms with Crippen LogP contribution in [0.5, 0.6) is 0 Å². The highest BCUT2D eigenvalue weighted by Crippen LogP contribution is 2.76. The highest BCUT2D eigenvalue weighted by Gasteiger charge is 2.70. The van der Waals surface area contributed by atoms with Crippen LogP contribution in [0.4, 0.5) is 13.2 Å². The zero-order valence-electron chi connectivity index (χ0n) is 14.3. The van der Waals surface area contributed by atoms with Crippen LogP contribution in [0.25, 0.3) is 0 Å². The lowest BCUT2D eigenvalue weighted by Gasteiger charge is -2.24. The van der Waals surface area contributed by atoms with Crippen molar-refractivity contribution >= 4 is 0 Å². The summed E-state index contributed by atoms with van der Waals surface area (Å²) >= 11 is 0. The molecule has 3 N–H and O–H groups in total. The van der Waals surface area contributed by atoms with Gasteiger partial charge in [0.2, 0.25) is 0 Å². The second kappa shape index (κ2) is 4.90. The molecule has 0 bridgehead atoms. The van der Waals surface area contributed by atoms with Crippen molar-refractivity contribution < 1.29 is 13.2 Å². The summed E-state index contributed by atoms with van der Waals surface area (Å²) in [6, 6.07) is 0. The maximum Gasteiger partial charge on any atom is 0.399 e. The van der Waals surface area contributed by atoms with Crippen LogP contribution >= 0.6 is 0 Å². The Morgan fingerprint density at radius 2 is 1.88 bits per heavy atom. The van der Waals surface area contributed by atoms with Gasteiger partial charge in [0.05, 0.1) is 0 Å². The van der Waals surface area contributed by atoms with E-state index >= 15 is 0 Å². The predicted octanol–water partition coefficient (Wildman–Crippen LogP) is 4.06. The molecule has 4 rings (SSSR count). The molecule has 0 amide bonds. The number of fused-ring (bicyclic) bond motifs is 2. The lowest BCUT2D eigenvalue weighted by Crippen LogP contribution is -2.37. The van der Waals surface area contributed by atoms with E-state index in [1.807, 2.05) is 0 Å². The first kappa shape index (κ1) is 16.2. The fourth-order valence-corrected chi connectivity index (χ4v) is 5.27. The van der Waals surface area contributed by atoms with Gasteiger partial charge in [-0.25, -0.2) is 0 Å². The molecule has 0 saturated heterocycles. The fraction of sp³-hybridized carbons (Fsp3) is 0.684. The zero-order valence-corrected chi connectivity index (χ0v) is 14.3. The van der Waals surface area contributed by atoms with Crippen LogP contribution < -0.4 is 11.1 Å². The highest BCUT2D eigenvalue weighted by atomic mass is 19.4. The molecule has 0 heterocycles. The Morgan fingerprint density at radius 3 is 2.42 bits per heavy atom.